The zero-order valence-electron chi connectivity index (χ0n) is 10.6. The monoisotopic (exact) mass is 261 g/mol. The zero-order valence-corrected chi connectivity index (χ0v) is 10.6. The number of aryl methyl sites for hydroxylation is 1. The van der Waals surface area contributed by atoms with Crippen LogP contribution in [0.25, 0.3) is 0 Å². The van der Waals surface area contributed by atoms with Gasteiger partial charge < -0.3 is 10.1 Å². The van der Waals surface area contributed by atoms with E-state index in [9.17, 15) is 13.2 Å². The molecule has 0 aliphatic rings. The maximum atomic E-state index is 12.0. The van der Waals surface area contributed by atoms with Gasteiger partial charge in [-0.25, -0.2) is 0 Å². The largest absolute Gasteiger partial charge is 0.497 e. The fourth-order valence-corrected chi connectivity index (χ4v) is 1.57. The van der Waals surface area contributed by atoms with E-state index in [1.807, 2.05) is 24.3 Å². The lowest BCUT2D eigenvalue weighted by Crippen LogP contribution is -2.35. The first-order valence-corrected chi connectivity index (χ1v) is 5.84. The van der Waals surface area contributed by atoms with Gasteiger partial charge in [0.15, 0.2) is 0 Å². The molecule has 0 heterocycles. The molecule has 18 heavy (non-hydrogen) atoms. The van der Waals surface area contributed by atoms with Gasteiger partial charge in [0.1, 0.15) is 5.75 Å². The molecule has 1 atom stereocenters. The molecule has 1 rings (SSSR count). The molecule has 1 unspecified atom stereocenters. The van der Waals surface area contributed by atoms with Crippen LogP contribution in [0.5, 0.6) is 5.75 Å². The highest BCUT2D eigenvalue weighted by Crippen LogP contribution is 2.15. The Kier molecular flexibility index (Phi) is 5.47. The molecular weight excluding hydrogens is 243 g/mol. The average Bonchev–Trinajstić information content (AvgIpc) is 2.33. The number of rotatable bonds is 6. The SMILES string of the molecule is COc1ccc(CCC(C)NCC(F)(F)F)cc1. The Hall–Kier alpha value is -1.23. The van der Waals surface area contributed by atoms with Gasteiger partial charge in [0.2, 0.25) is 0 Å². The summed E-state index contributed by atoms with van der Waals surface area (Å²) in [5.74, 6) is 0.780. The van der Waals surface area contributed by atoms with Crippen molar-refractivity contribution < 1.29 is 17.9 Å². The van der Waals surface area contributed by atoms with Crippen LogP contribution in [-0.4, -0.2) is 25.9 Å². The average molecular weight is 261 g/mol. The van der Waals surface area contributed by atoms with E-state index in [0.29, 0.717) is 6.42 Å². The molecule has 1 aromatic rings. The van der Waals surface area contributed by atoms with E-state index in [2.05, 4.69) is 5.32 Å². The molecule has 0 spiro atoms. The van der Waals surface area contributed by atoms with E-state index < -0.39 is 12.7 Å². The lowest BCUT2D eigenvalue weighted by molar-refractivity contribution is -0.126. The second kappa shape index (κ2) is 6.64. The number of halogens is 3. The minimum atomic E-state index is -4.14. The Labute approximate surface area is 105 Å². The molecule has 102 valence electrons. The molecule has 0 radical (unpaired) electrons. The number of benzene rings is 1. The van der Waals surface area contributed by atoms with Crippen LogP contribution >= 0.6 is 0 Å². The summed E-state index contributed by atoms with van der Waals surface area (Å²) in [6.07, 6.45) is -2.73. The van der Waals surface area contributed by atoms with Crippen LogP contribution in [-0.2, 0) is 6.42 Å². The minimum absolute atomic E-state index is 0.159. The van der Waals surface area contributed by atoms with Crippen LogP contribution in [0, 0.1) is 0 Å². The van der Waals surface area contributed by atoms with Gasteiger partial charge in [0.05, 0.1) is 13.7 Å². The number of nitrogens with one attached hydrogen (secondary N) is 1. The summed E-state index contributed by atoms with van der Waals surface area (Å²) in [6, 6.07) is 7.39. The van der Waals surface area contributed by atoms with Gasteiger partial charge in [0.25, 0.3) is 0 Å². The summed E-state index contributed by atoms with van der Waals surface area (Å²) in [7, 11) is 1.60. The number of hydrogen-bond acceptors (Lipinski definition) is 2. The van der Waals surface area contributed by atoms with Crippen molar-refractivity contribution >= 4 is 0 Å². The van der Waals surface area contributed by atoms with Crippen molar-refractivity contribution in [2.45, 2.75) is 32.0 Å². The smallest absolute Gasteiger partial charge is 0.401 e. The fourth-order valence-electron chi connectivity index (χ4n) is 1.57. The highest BCUT2D eigenvalue weighted by molar-refractivity contribution is 5.27. The molecule has 0 saturated carbocycles. The van der Waals surface area contributed by atoms with E-state index in [1.165, 1.54) is 0 Å². The zero-order chi connectivity index (χ0) is 13.6. The van der Waals surface area contributed by atoms with E-state index >= 15 is 0 Å². The molecule has 1 N–H and O–H groups in total. The highest BCUT2D eigenvalue weighted by Gasteiger charge is 2.27. The molecule has 1 aromatic carbocycles. The third-order valence-corrected chi connectivity index (χ3v) is 2.68. The van der Waals surface area contributed by atoms with Crippen molar-refractivity contribution in [2.24, 2.45) is 0 Å². The molecule has 0 bridgehead atoms. The van der Waals surface area contributed by atoms with Crippen LogP contribution in [0.3, 0.4) is 0 Å². The molecule has 5 heteroatoms. The molecule has 2 nitrogen and oxygen atoms in total. The van der Waals surface area contributed by atoms with Gasteiger partial charge in [-0.15, -0.1) is 0 Å². The van der Waals surface area contributed by atoms with Gasteiger partial charge in [-0.3, -0.25) is 0 Å². The Bertz CT molecular complexity index is 348. The predicted octanol–water partition coefficient (Wildman–Crippen LogP) is 3.17. The van der Waals surface area contributed by atoms with Crippen molar-refractivity contribution in [3.63, 3.8) is 0 Å². The van der Waals surface area contributed by atoms with Gasteiger partial charge in [-0.2, -0.15) is 13.2 Å². The maximum Gasteiger partial charge on any atom is 0.401 e. The van der Waals surface area contributed by atoms with Crippen LogP contribution in [0.15, 0.2) is 24.3 Å². The number of alkyl halides is 3. The second-order valence-corrected chi connectivity index (χ2v) is 4.28. The van der Waals surface area contributed by atoms with Crippen LogP contribution in [0.4, 0.5) is 13.2 Å². The summed E-state index contributed by atoms with van der Waals surface area (Å²) in [5.41, 5.74) is 1.09. The van der Waals surface area contributed by atoms with E-state index in [0.717, 1.165) is 17.7 Å². The first-order chi connectivity index (χ1) is 8.40. The highest BCUT2D eigenvalue weighted by atomic mass is 19.4. The van der Waals surface area contributed by atoms with Gasteiger partial charge in [-0.05, 0) is 37.5 Å². The second-order valence-electron chi connectivity index (χ2n) is 4.28. The molecule has 0 aliphatic carbocycles. The minimum Gasteiger partial charge on any atom is -0.497 e. The summed E-state index contributed by atoms with van der Waals surface area (Å²) < 4.78 is 41.0. The van der Waals surface area contributed by atoms with Crippen molar-refractivity contribution in [2.75, 3.05) is 13.7 Å². The number of hydrogen-bond donors (Lipinski definition) is 1. The lowest BCUT2D eigenvalue weighted by Gasteiger charge is -2.15. The van der Waals surface area contributed by atoms with Crippen LogP contribution in [0.2, 0.25) is 0 Å². The predicted molar refractivity (Wildman–Crippen MR) is 64.8 cm³/mol. The third-order valence-electron chi connectivity index (χ3n) is 2.68. The van der Waals surface area contributed by atoms with E-state index in [4.69, 9.17) is 4.74 Å². The normalized spacial score (nSPS) is 13.4. The quantitative estimate of drug-likeness (QED) is 0.849. The maximum absolute atomic E-state index is 12.0. The Balaban J connectivity index is 2.31. The van der Waals surface area contributed by atoms with Crippen molar-refractivity contribution in [3.8, 4) is 5.75 Å². The standard InChI is InChI=1S/C13H18F3NO/c1-10(17-9-13(14,15)16)3-4-11-5-7-12(18-2)8-6-11/h5-8,10,17H,3-4,9H2,1-2H3. The molecule has 0 aromatic heterocycles. The van der Waals surface area contributed by atoms with Gasteiger partial charge in [-0.1, -0.05) is 12.1 Å². The number of methoxy groups -OCH3 is 1. The Morgan fingerprint density at radius 3 is 2.33 bits per heavy atom. The van der Waals surface area contributed by atoms with Crippen molar-refractivity contribution in [1.82, 2.24) is 5.32 Å². The summed E-state index contributed by atoms with van der Waals surface area (Å²) >= 11 is 0. The fraction of sp³-hybridized carbons (Fsp3) is 0.538. The topological polar surface area (TPSA) is 21.3 Å². The van der Waals surface area contributed by atoms with Crippen molar-refractivity contribution in [3.05, 3.63) is 29.8 Å². The van der Waals surface area contributed by atoms with Gasteiger partial charge >= 0.3 is 6.18 Å². The van der Waals surface area contributed by atoms with Gasteiger partial charge in [0, 0.05) is 6.04 Å². The summed E-state index contributed by atoms with van der Waals surface area (Å²) in [6.45, 7) is 0.825. The Morgan fingerprint density at radius 2 is 1.83 bits per heavy atom. The van der Waals surface area contributed by atoms with Crippen molar-refractivity contribution in [1.29, 1.82) is 0 Å². The number of ether oxygens (including phenoxy) is 1. The lowest BCUT2D eigenvalue weighted by atomic mass is 10.1. The van der Waals surface area contributed by atoms with Crippen LogP contribution < -0.4 is 10.1 Å². The van der Waals surface area contributed by atoms with E-state index in [-0.39, 0.29) is 6.04 Å². The summed E-state index contributed by atoms with van der Waals surface area (Å²) in [5, 5.41) is 2.47. The molecule has 0 saturated heterocycles. The first kappa shape index (κ1) is 14.8. The first-order valence-electron chi connectivity index (χ1n) is 5.84. The summed E-state index contributed by atoms with van der Waals surface area (Å²) in [4.78, 5) is 0. The molecule has 0 fully saturated rings. The Morgan fingerprint density at radius 1 is 1.22 bits per heavy atom. The van der Waals surface area contributed by atoms with E-state index in [1.54, 1.807) is 14.0 Å². The molecule has 0 amide bonds. The molecular formula is C13H18F3NO. The molecule has 0 aliphatic heterocycles. The third kappa shape index (κ3) is 5.91. The van der Waals surface area contributed by atoms with Crippen LogP contribution in [0.1, 0.15) is 18.9 Å².